The van der Waals surface area contributed by atoms with E-state index in [4.69, 9.17) is 0 Å². The maximum absolute atomic E-state index is 3.21. The summed E-state index contributed by atoms with van der Waals surface area (Å²) in [5, 5.41) is 2.39. The maximum atomic E-state index is 3.21. The van der Waals surface area contributed by atoms with Crippen molar-refractivity contribution in [3.05, 3.63) is 25.6 Å². The molecule has 0 fully saturated rings. The Morgan fingerprint density at radius 1 is 1.17 bits per heavy atom. The fourth-order valence-corrected chi connectivity index (χ4v) is 0.0625. The van der Waals surface area contributed by atoms with E-state index in [9.17, 15) is 0 Å². The van der Waals surface area contributed by atoms with Crippen LogP contribution in [0.5, 0.6) is 0 Å². The largest absolute Gasteiger partial charge is 0.715 e. The van der Waals surface area contributed by atoms with Gasteiger partial charge in [-0.3, -0.25) is 13.2 Å². The van der Waals surface area contributed by atoms with E-state index in [0.29, 0.717) is 0 Å². The molecule has 0 aromatic rings. The Bertz CT molecular complexity index is 36.8. The van der Waals surface area contributed by atoms with Crippen molar-refractivity contribution in [2.45, 2.75) is 0 Å². The van der Waals surface area contributed by atoms with Crippen LogP contribution in [0.2, 0.25) is 0 Å². The van der Waals surface area contributed by atoms with Gasteiger partial charge in [0.05, 0.1) is 0 Å². The molecule has 0 spiro atoms. The molecular formula is C4H5NRf-2. The van der Waals surface area contributed by atoms with Crippen molar-refractivity contribution >= 4 is 0 Å². The molecule has 0 atom stereocenters. The minimum absolute atomic E-state index is 0. The van der Waals surface area contributed by atoms with Gasteiger partial charge in [-0.15, -0.1) is 0 Å². The monoisotopic (exact) mass is 334 g/mol. The van der Waals surface area contributed by atoms with Crippen molar-refractivity contribution in [3.63, 3.8) is 0 Å². The van der Waals surface area contributed by atoms with Crippen molar-refractivity contribution < 1.29 is 0 Å². The second-order valence-corrected chi connectivity index (χ2v) is 0.479. The molecule has 0 aliphatic rings. The van der Waals surface area contributed by atoms with Crippen LogP contribution in [-0.4, -0.2) is 0 Å². The SMILES string of the molecule is C=[C-]N[C-]=C.[Rf]. The molecule has 0 aromatic heterocycles. The van der Waals surface area contributed by atoms with Crippen LogP contribution in [-0.2, 0) is 0 Å². The predicted molar refractivity (Wildman–Crippen MR) is 20.9 cm³/mol. The van der Waals surface area contributed by atoms with Gasteiger partial charge < -0.3 is 17.7 Å². The summed E-state index contributed by atoms with van der Waals surface area (Å²) in [7, 11) is 0. The van der Waals surface area contributed by atoms with Crippen molar-refractivity contribution in [2.24, 2.45) is 0 Å². The standard InChI is InChI=1S/C4H5N.Rf/c1-3-5-4-2;/h5H,1-2H2;/q-2;. The molecule has 0 saturated carbocycles. The molecular weight excluding hydrogens is 329 g/mol. The maximum Gasteiger partial charge on any atom is 0 e. The van der Waals surface area contributed by atoms with E-state index in [2.05, 4.69) is 30.9 Å². The van der Waals surface area contributed by atoms with Crippen molar-refractivity contribution in [1.82, 2.24) is 5.32 Å². The van der Waals surface area contributed by atoms with E-state index in [0.717, 1.165) is 0 Å². The van der Waals surface area contributed by atoms with Crippen LogP contribution < -0.4 is 5.32 Å². The summed E-state index contributed by atoms with van der Waals surface area (Å²) in [6, 6.07) is 0. The molecule has 0 amide bonds. The molecule has 0 aliphatic heterocycles. The van der Waals surface area contributed by atoms with Gasteiger partial charge in [-0.05, 0) is 0 Å². The van der Waals surface area contributed by atoms with E-state index < -0.39 is 0 Å². The van der Waals surface area contributed by atoms with Crippen LogP contribution in [0.15, 0.2) is 13.2 Å². The quantitative estimate of drug-likeness (QED) is 0.572. The van der Waals surface area contributed by atoms with Crippen molar-refractivity contribution in [1.29, 1.82) is 0 Å². The molecule has 0 saturated heterocycles. The summed E-state index contributed by atoms with van der Waals surface area (Å²) in [4.78, 5) is 0. The molecule has 1 nitrogen and oxygen atoms in total. The summed E-state index contributed by atoms with van der Waals surface area (Å²) < 4.78 is 0. The first-order valence-electron chi connectivity index (χ1n) is 1.21. The van der Waals surface area contributed by atoms with Crippen LogP contribution in [0.25, 0.3) is 0 Å². The Kier molecular flexibility index (Phi) is 15.4. The average Bonchev–Trinajstić information content (AvgIpc) is 1.41. The molecule has 0 bridgehead atoms. The normalized spacial score (nSPS) is 4.67. The van der Waals surface area contributed by atoms with E-state index in [1.165, 1.54) is 0 Å². The second-order valence-electron chi connectivity index (χ2n) is 0.479. The summed E-state index contributed by atoms with van der Waals surface area (Å²) in [6.45, 7) is 6.42. The van der Waals surface area contributed by atoms with Gasteiger partial charge in [0.15, 0.2) is 0 Å². The topological polar surface area (TPSA) is 12.0 Å². The van der Waals surface area contributed by atoms with E-state index in [1.54, 1.807) is 0 Å². The Hall–Kier alpha value is -1.72. The van der Waals surface area contributed by atoms with E-state index in [1.807, 2.05) is 0 Å². The van der Waals surface area contributed by atoms with Gasteiger partial charge in [-0.25, -0.2) is 0 Å². The Morgan fingerprint density at radius 3 is 1.50 bits per heavy atom. The first-order chi connectivity index (χ1) is 2.41. The molecule has 1 N–H and O–H groups in total. The third kappa shape index (κ3) is 47.6. The minimum Gasteiger partial charge on any atom is -0.715 e. The molecule has 0 heterocycles. The van der Waals surface area contributed by atoms with Crippen LogP contribution in [0.3, 0.4) is 0 Å². The molecule has 0 aromatic carbocycles. The summed E-state index contributed by atoms with van der Waals surface area (Å²) in [5.41, 5.74) is 0. The van der Waals surface area contributed by atoms with Gasteiger partial charge in [0.1, 0.15) is 0 Å². The second kappa shape index (κ2) is 10.4. The van der Waals surface area contributed by atoms with E-state index >= 15 is 0 Å². The molecule has 0 rings (SSSR count). The van der Waals surface area contributed by atoms with Crippen LogP contribution in [0, 0.1) is 12.4 Å². The van der Waals surface area contributed by atoms with Crippen LogP contribution in [0.4, 0.5) is 0 Å². The van der Waals surface area contributed by atoms with Gasteiger partial charge in [0, 0.05) is 0 Å². The first kappa shape index (κ1) is 8.86. The molecule has 0 aliphatic carbocycles. The molecule has 2 heteroatoms. The van der Waals surface area contributed by atoms with Gasteiger partial charge in [0.25, 0.3) is 0 Å². The molecule has 0 unspecified atom stereocenters. The minimum atomic E-state index is 0. The number of hydrogen-bond donors (Lipinski definition) is 1. The number of nitrogens with one attached hydrogen (secondary N) is 1. The molecule has 0 radical (unpaired) electrons. The van der Waals surface area contributed by atoms with Crippen LogP contribution >= 0.6 is 0 Å². The third-order valence-corrected chi connectivity index (χ3v) is 0.177. The van der Waals surface area contributed by atoms with Crippen molar-refractivity contribution in [2.75, 3.05) is 0 Å². The van der Waals surface area contributed by atoms with Gasteiger partial charge >= 0.3 is 0 Å². The zero-order valence-electron chi connectivity index (χ0n) is 3.62. The first-order valence-corrected chi connectivity index (χ1v) is 1.21. The Labute approximate surface area is 32.0 Å². The van der Waals surface area contributed by atoms with Gasteiger partial charge in [0.2, 0.25) is 0 Å². The molecule has 6 heavy (non-hydrogen) atoms. The van der Waals surface area contributed by atoms with Crippen LogP contribution in [0.1, 0.15) is 0 Å². The van der Waals surface area contributed by atoms with Gasteiger partial charge in [-0.2, -0.15) is 0 Å². The zero-order valence-corrected chi connectivity index (χ0v) is 10.0. The van der Waals surface area contributed by atoms with E-state index in [-0.39, 0.29) is 0 Å². The molecule has 30 valence electrons. The summed E-state index contributed by atoms with van der Waals surface area (Å²) in [5.74, 6) is 0. The van der Waals surface area contributed by atoms with Gasteiger partial charge in [-0.1, -0.05) is 0 Å². The average molecular weight is 334 g/mol. The predicted octanol–water partition coefficient (Wildman–Crippen LogP) is 0.469. The third-order valence-electron chi connectivity index (χ3n) is 0.177. The Balaban J connectivity index is 0. The number of hydrogen-bond acceptors (Lipinski definition) is 1. The fraction of sp³-hybridized carbons (Fsp3) is 0. The van der Waals surface area contributed by atoms with Crippen molar-refractivity contribution in [3.8, 4) is 0 Å². The number of rotatable bonds is 2. The fourth-order valence-electron chi connectivity index (χ4n) is 0.0625. The summed E-state index contributed by atoms with van der Waals surface area (Å²) in [6.07, 6.45) is 4.69. The smallest absolute Gasteiger partial charge is 0 e. The summed E-state index contributed by atoms with van der Waals surface area (Å²) >= 11 is 0. The zero-order chi connectivity index (χ0) is 4.12. The Morgan fingerprint density at radius 2 is 1.50 bits per heavy atom.